The molecule has 0 aromatic carbocycles. The lowest BCUT2D eigenvalue weighted by atomic mass is 9.92. The zero-order valence-corrected chi connectivity index (χ0v) is 13.3. The molecule has 6 heteroatoms. The summed E-state index contributed by atoms with van der Waals surface area (Å²) < 4.78 is 7.50. The summed E-state index contributed by atoms with van der Waals surface area (Å²) in [6, 6.07) is 3.90. The van der Waals surface area contributed by atoms with E-state index in [1.165, 1.54) is 0 Å². The molecule has 2 aromatic heterocycles. The van der Waals surface area contributed by atoms with Gasteiger partial charge in [-0.3, -0.25) is 14.5 Å². The highest BCUT2D eigenvalue weighted by Crippen LogP contribution is 2.24. The van der Waals surface area contributed by atoms with Crippen LogP contribution >= 0.6 is 0 Å². The molecular weight excluding hydrogens is 292 g/mol. The second kappa shape index (κ2) is 7.37. The Hall–Kier alpha value is -2.21. The Bertz CT molecular complexity index is 641. The van der Waals surface area contributed by atoms with Crippen LogP contribution in [0.1, 0.15) is 31.7 Å². The molecule has 3 heterocycles. The van der Waals surface area contributed by atoms with Gasteiger partial charge in [0.25, 0.3) is 0 Å². The maximum absolute atomic E-state index is 12.5. The zero-order valence-electron chi connectivity index (χ0n) is 13.3. The van der Waals surface area contributed by atoms with Gasteiger partial charge < -0.3 is 10.1 Å². The van der Waals surface area contributed by atoms with Crippen LogP contribution in [-0.4, -0.2) is 33.4 Å². The summed E-state index contributed by atoms with van der Waals surface area (Å²) in [7, 11) is 0. The van der Waals surface area contributed by atoms with Crippen LogP contribution in [0.4, 0.5) is 5.69 Å². The van der Waals surface area contributed by atoms with Crippen molar-refractivity contribution < 1.29 is 9.53 Å². The van der Waals surface area contributed by atoms with Crippen molar-refractivity contribution in [2.45, 2.75) is 38.8 Å². The van der Waals surface area contributed by atoms with E-state index in [-0.39, 0.29) is 17.9 Å². The van der Waals surface area contributed by atoms with Crippen LogP contribution in [-0.2, 0) is 16.1 Å². The highest BCUT2D eigenvalue weighted by Gasteiger charge is 2.30. The molecule has 2 atom stereocenters. The van der Waals surface area contributed by atoms with E-state index in [1.54, 1.807) is 23.3 Å². The van der Waals surface area contributed by atoms with Gasteiger partial charge in [0, 0.05) is 25.2 Å². The summed E-state index contributed by atoms with van der Waals surface area (Å²) in [4.78, 5) is 16.5. The molecule has 0 spiro atoms. The second-order valence-corrected chi connectivity index (χ2v) is 5.84. The maximum atomic E-state index is 12.5. The van der Waals surface area contributed by atoms with Crippen molar-refractivity contribution in [3.63, 3.8) is 0 Å². The predicted octanol–water partition coefficient (Wildman–Crippen LogP) is 2.47. The molecule has 0 saturated carbocycles. The van der Waals surface area contributed by atoms with E-state index in [0.29, 0.717) is 6.54 Å². The van der Waals surface area contributed by atoms with Crippen LogP contribution in [0, 0.1) is 5.92 Å². The lowest BCUT2D eigenvalue weighted by Gasteiger charge is -2.29. The van der Waals surface area contributed by atoms with E-state index in [0.717, 1.165) is 37.1 Å². The molecule has 1 saturated heterocycles. The minimum atomic E-state index is -0.0719. The number of amides is 1. The molecule has 1 fully saturated rings. The molecule has 122 valence electrons. The maximum Gasteiger partial charge on any atom is 0.230 e. The Balaban J connectivity index is 1.61. The summed E-state index contributed by atoms with van der Waals surface area (Å²) in [5.41, 5.74) is 1.84. The van der Waals surface area contributed by atoms with Crippen LogP contribution in [0.5, 0.6) is 0 Å². The number of hydrogen-bond acceptors (Lipinski definition) is 4. The number of nitrogens with one attached hydrogen (secondary N) is 1. The first kappa shape index (κ1) is 15.7. The van der Waals surface area contributed by atoms with Crippen molar-refractivity contribution in [3.8, 4) is 0 Å². The number of nitrogens with zero attached hydrogens (tertiary/aromatic N) is 3. The van der Waals surface area contributed by atoms with Crippen LogP contribution in [0.2, 0.25) is 0 Å². The van der Waals surface area contributed by atoms with Gasteiger partial charge in [-0.25, -0.2) is 0 Å². The van der Waals surface area contributed by atoms with E-state index in [1.807, 2.05) is 18.3 Å². The summed E-state index contributed by atoms with van der Waals surface area (Å²) in [5, 5.41) is 7.27. The summed E-state index contributed by atoms with van der Waals surface area (Å²) in [6.45, 7) is 3.47. The molecule has 1 aliphatic rings. The monoisotopic (exact) mass is 314 g/mol. The fourth-order valence-electron chi connectivity index (χ4n) is 2.97. The first-order valence-electron chi connectivity index (χ1n) is 8.10. The standard InChI is InChI=1S/C17H22N4O2/c1-2-16-15(4-3-9-23-16)17(22)20-14-10-19-21(12-14)11-13-5-7-18-8-6-13/h5-8,10,12,15-16H,2-4,9,11H2,1H3,(H,20,22)/t15-,16+/m0/s1. The third-order valence-corrected chi connectivity index (χ3v) is 4.17. The highest BCUT2D eigenvalue weighted by molar-refractivity contribution is 5.92. The molecule has 0 unspecified atom stereocenters. The lowest BCUT2D eigenvalue weighted by Crippen LogP contribution is -2.37. The number of aromatic nitrogens is 3. The van der Waals surface area contributed by atoms with E-state index in [2.05, 4.69) is 22.3 Å². The van der Waals surface area contributed by atoms with Gasteiger partial charge in [0.2, 0.25) is 5.91 Å². The molecule has 1 aliphatic heterocycles. The Kier molecular flexibility index (Phi) is 5.02. The normalized spacial score (nSPS) is 21.1. The molecule has 0 radical (unpaired) electrons. The number of carbonyl (C=O) groups excluding carboxylic acids is 1. The average molecular weight is 314 g/mol. The molecule has 1 N–H and O–H groups in total. The summed E-state index contributed by atoms with van der Waals surface area (Å²) >= 11 is 0. The molecule has 0 aliphatic carbocycles. The fraction of sp³-hybridized carbons (Fsp3) is 0.471. The van der Waals surface area contributed by atoms with Gasteiger partial charge in [0.05, 0.1) is 30.5 Å². The minimum absolute atomic E-state index is 0.0237. The Morgan fingerprint density at radius 2 is 2.26 bits per heavy atom. The van der Waals surface area contributed by atoms with Crippen molar-refractivity contribution in [3.05, 3.63) is 42.5 Å². The SMILES string of the molecule is CC[C@H]1OCCC[C@@H]1C(=O)Nc1cnn(Cc2ccncc2)c1. The van der Waals surface area contributed by atoms with Crippen LogP contribution in [0.15, 0.2) is 36.9 Å². The number of pyridine rings is 1. The highest BCUT2D eigenvalue weighted by atomic mass is 16.5. The van der Waals surface area contributed by atoms with Crippen LogP contribution in [0.3, 0.4) is 0 Å². The van der Waals surface area contributed by atoms with E-state index >= 15 is 0 Å². The molecule has 23 heavy (non-hydrogen) atoms. The number of ether oxygens (including phenoxy) is 1. The second-order valence-electron chi connectivity index (χ2n) is 5.84. The zero-order chi connectivity index (χ0) is 16.1. The number of carbonyl (C=O) groups is 1. The van der Waals surface area contributed by atoms with E-state index in [4.69, 9.17) is 4.74 Å². The van der Waals surface area contributed by atoms with Crippen molar-refractivity contribution in [2.24, 2.45) is 5.92 Å². The van der Waals surface area contributed by atoms with Crippen molar-refractivity contribution in [1.29, 1.82) is 0 Å². The summed E-state index contributed by atoms with van der Waals surface area (Å²) in [6.07, 6.45) is 9.76. The first-order chi connectivity index (χ1) is 11.3. The third-order valence-electron chi connectivity index (χ3n) is 4.17. The van der Waals surface area contributed by atoms with Gasteiger partial charge in [0.15, 0.2) is 0 Å². The smallest absolute Gasteiger partial charge is 0.230 e. The van der Waals surface area contributed by atoms with Crippen molar-refractivity contribution >= 4 is 11.6 Å². The Labute approximate surface area is 135 Å². The van der Waals surface area contributed by atoms with Gasteiger partial charge in [-0.15, -0.1) is 0 Å². The third kappa shape index (κ3) is 3.96. The Morgan fingerprint density at radius 1 is 1.43 bits per heavy atom. The van der Waals surface area contributed by atoms with Crippen LogP contribution < -0.4 is 5.32 Å². The first-order valence-corrected chi connectivity index (χ1v) is 8.10. The largest absolute Gasteiger partial charge is 0.377 e. The van der Waals surface area contributed by atoms with Crippen molar-refractivity contribution in [2.75, 3.05) is 11.9 Å². The topological polar surface area (TPSA) is 69.0 Å². The van der Waals surface area contributed by atoms with Gasteiger partial charge in [-0.2, -0.15) is 5.10 Å². The molecule has 0 bridgehead atoms. The predicted molar refractivity (Wildman–Crippen MR) is 87.0 cm³/mol. The summed E-state index contributed by atoms with van der Waals surface area (Å²) in [5.74, 6) is -0.0442. The number of anilines is 1. The molecule has 6 nitrogen and oxygen atoms in total. The molecule has 3 rings (SSSR count). The van der Waals surface area contributed by atoms with Crippen molar-refractivity contribution in [1.82, 2.24) is 14.8 Å². The lowest BCUT2D eigenvalue weighted by molar-refractivity contribution is -0.129. The number of rotatable bonds is 5. The molecule has 2 aromatic rings. The van der Waals surface area contributed by atoms with Gasteiger partial charge in [-0.05, 0) is 37.0 Å². The quantitative estimate of drug-likeness (QED) is 0.920. The Morgan fingerprint density at radius 3 is 3.04 bits per heavy atom. The van der Waals surface area contributed by atoms with Gasteiger partial charge >= 0.3 is 0 Å². The van der Waals surface area contributed by atoms with E-state index < -0.39 is 0 Å². The average Bonchev–Trinajstić information content (AvgIpc) is 3.02. The van der Waals surface area contributed by atoms with E-state index in [9.17, 15) is 4.79 Å². The number of hydrogen-bond donors (Lipinski definition) is 1. The molecule has 1 amide bonds. The minimum Gasteiger partial charge on any atom is -0.377 e. The van der Waals surface area contributed by atoms with Gasteiger partial charge in [0.1, 0.15) is 0 Å². The van der Waals surface area contributed by atoms with Gasteiger partial charge in [-0.1, -0.05) is 6.92 Å². The molecular formula is C17H22N4O2. The fourth-order valence-corrected chi connectivity index (χ4v) is 2.97. The van der Waals surface area contributed by atoms with Crippen LogP contribution in [0.25, 0.3) is 0 Å².